The van der Waals surface area contributed by atoms with E-state index < -0.39 is 51.9 Å². The number of nitrogens with zero attached hydrogens (tertiary/aromatic N) is 1. The summed E-state index contributed by atoms with van der Waals surface area (Å²) in [6.45, 7) is -2.14. The summed E-state index contributed by atoms with van der Waals surface area (Å²) in [5.74, 6) is -4.71. The first kappa shape index (κ1) is 16.8. The van der Waals surface area contributed by atoms with Gasteiger partial charge in [-0.3, -0.25) is 0 Å². The molecule has 1 aromatic carbocycles. The second-order valence-electron chi connectivity index (χ2n) is 3.74. The van der Waals surface area contributed by atoms with Gasteiger partial charge in [0.1, 0.15) is 17.5 Å². The van der Waals surface area contributed by atoms with Crippen LogP contribution >= 0.6 is 0 Å². The molecule has 0 aliphatic rings. The topological polar surface area (TPSA) is 63.4 Å². The van der Waals surface area contributed by atoms with Crippen molar-refractivity contribution in [1.29, 1.82) is 0 Å². The maximum Gasteiger partial charge on any atom is 0.252 e. The Balaban J connectivity index is 3.33. The van der Waals surface area contributed by atoms with Crippen LogP contribution in [0, 0.1) is 17.5 Å². The fourth-order valence-corrected chi connectivity index (χ4v) is 3.04. The molecule has 0 saturated carbocycles. The fraction of sp³-hybridized carbons (Fsp3) is 0.400. The lowest BCUT2D eigenvalue weighted by Gasteiger charge is -2.21. The van der Waals surface area contributed by atoms with E-state index in [4.69, 9.17) is 5.73 Å². The largest absolute Gasteiger partial charge is 0.329 e. The lowest BCUT2D eigenvalue weighted by atomic mass is 10.3. The van der Waals surface area contributed by atoms with Gasteiger partial charge in [-0.2, -0.15) is 4.31 Å². The van der Waals surface area contributed by atoms with Gasteiger partial charge in [0.15, 0.2) is 4.90 Å². The van der Waals surface area contributed by atoms with Crippen molar-refractivity contribution in [3.05, 3.63) is 29.6 Å². The minimum absolute atomic E-state index is 0.150. The molecule has 114 valence electrons. The van der Waals surface area contributed by atoms with E-state index in [2.05, 4.69) is 0 Å². The van der Waals surface area contributed by atoms with Crippen LogP contribution in [0.3, 0.4) is 0 Å². The molecule has 0 aromatic heterocycles. The van der Waals surface area contributed by atoms with E-state index in [0.29, 0.717) is 0 Å². The highest BCUT2D eigenvalue weighted by atomic mass is 32.2. The van der Waals surface area contributed by atoms with Gasteiger partial charge in [0.25, 0.3) is 6.43 Å². The molecule has 0 bridgehead atoms. The highest BCUT2D eigenvalue weighted by molar-refractivity contribution is 7.89. The van der Waals surface area contributed by atoms with Crippen molar-refractivity contribution in [2.45, 2.75) is 11.3 Å². The summed E-state index contributed by atoms with van der Waals surface area (Å²) in [5.41, 5.74) is 5.08. The van der Waals surface area contributed by atoms with Crippen LogP contribution in [0.25, 0.3) is 0 Å². The van der Waals surface area contributed by atoms with Crippen molar-refractivity contribution in [2.24, 2.45) is 5.73 Å². The summed E-state index contributed by atoms with van der Waals surface area (Å²) in [5, 5.41) is 0. The van der Waals surface area contributed by atoms with Gasteiger partial charge < -0.3 is 5.73 Å². The van der Waals surface area contributed by atoms with Gasteiger partial charge in [0.05, 0.1) is 6.54 Å². The van der Waals surface area contributed by atoms with Gasteiger partial charge in [-0.1, -0.05) is 0 Å². The average molecular weight is 318 g/mol. The first-order chi connectivity index (χ1) is 9.20. The smallest absolute Gasteiger partial charge is 0.252 e. The van der Waals surface area contributed by atoms with E-state index in [0.717, 1.165) is 0 Å². The van der Waals surface area contributed by atoms with Crippen LogP contribution in [0.2, 0.25) is 0 Å². The summed E-state index contributed by atoms with van der Waals surface area (Å²) < 4.78 is 88.3. The molecule has 20 heavy (non-hydrogen) atoms. The zero-order chi connectivity index (χ0) is 15.5. The quantitative estimate of drug-likeness (QED) is 0.805. The molecule has 1 rings (SSSR count). The summed E-state index contributed by atoms with van der Waals surface area (Å²) >= 11 is 0. The third-order valence-corrected chi connectivity index (χ3v) is 4.20. The van der Waals surface area contributed by atoms with E-state index in [1.165, 1.54) is 0 Å². The number of benzene rings is 1. The van der Waals surface area contributed by atoms with Crippen molar-refractivity contribution >= 4 is 10.0 Å². The van der Waals surface area contributed by atoms with Gasteiger partial charge >= 0.3 is 0 Å². The summed E-state index contributed by atoms with van der Waals surface area (Å²) in [6, 6.07) is 0.303. The summed E-state index contributed by atoms with van der Waals surface area (Å²) in [6.07, 6.45) is -3.05. The molecule has 0 aliphatic heterocycles. The molecular weight excluding hydrogens is 307 g/mol. The average Bonchev–Trinajstić information content (AvgIpc) is 2.25. The molecule has 1 aromatic rings. The molecule has 10 heteroatoms. The highest BCUT2D eigenvalue weighted by Gasteiger charge is 2.32. The van der Waals surface area contributed by atoms with Crippen molar-refractivity contribution in [1.82, 2.24) is 4.31 Å². The lowest BCUT2D eigenvalue weighted by Crippen LogP contribution is -2.39. The van der Waals surface area contributed by atoms with Crippen LogP contribution in [0.1, 0.15) is 0 Å². The summed E-state index contributed by atoms with van der Waals surface area (Å²) in [7, 11) is -4.88. The minimum Gasteiger partial charge on any atom is -0.329 e. The molecule has 0 aliphatic carbocycles. The van der Waals surface area contributed by atoms with Crippen LogP contribution in [0.5, 0.6) is 0 Å². The van der Waals surface area contributed by atoms with Crippen molar-refractivity contribution in [3.63, 3.8) is 0 Å². The molecule has 4 nitrogen and oxygen atoms in total. The van der Waals surface area contributed by atoms with E-state index in [-0.39, 0.29) is 23.0 Å². The van der Waals surface area contributed by atoms with E-state index in [9.17, 15) is 30.4 Å². The third kappa shape index (κ3) is 3.64. The van der Waals surface area contributed by atoms with Crippen molar-refractivity contribution in [2.75, 3.05) is 19.6 Å². The molecular formula is C10H11F5N2O2S. The Morgan fingerprint density at radius 3 is 2.05 bits per heavy atom. The van der Waals surface area contributed by atoms with Gasteiger partial charge in [-0.25, -0.2) is 30.4 Å². The van der Waals surface area contributed by atoms with E-state index >= 15 is 0 Å². The molecule has 0 unspecified atom stereocenters. The number of rotatable bonds is 6. The van der Waals surface area contributed by atoms with Crippen LogP contribution < -0.4 is 5.73 Å². The zero-order valence-electron chi connectivity index (χ0n) is 9.99. The Hall–Kier alpha value is -1.26. The second kappa shape index (κ2) is 6.46. The van der Waals surface area contributed by atoms with Gasteiger partial charge in [0, 0.05) is 25.2 Å². The molecule has 0 amide bonds. The van der Waals surface area contributed by atoms with Crippen LogP contribution in [-0.4, -0.2) is 38.8 Å². The Morgan fingerprint density at radius 1 is 1.15 bits per heavy atom. The first-order valence-corrected chi connectivity index (χ1v) is 6.77. The lowest BCUT2D eigenvalue weighted by molar-refractivity contribution is 0.120. The standard InChI is InChI=1S/C10H11F5N2O2S/c11-6-3-7(12)10(8(13)4-6)20(18,19)17(2-1-16)5-9(14)15/h3-4,9H,1-2,5,16H2. The monoisotopic (exact) mass is 318 g/mol. The van der Waals surface area contributed by atoms with Gasteiger partial charge in [-0.15, -0.1) is 0 Å². The van der Waals surface area contributed by atoms with Crippen molar-refractivity contribution in [3.8, 4) is 0 Å². The first-order valence-electron chi connectivity index (χ1n) is 5.33. The Kier molecular flexibility index (Phi) is 5.42. The molecule has 0 heterocycles. The summed E-state index contributed by atoms with van der Waals surface area (Å²) in [4.78, 5) is -1.48. The third-order valence-electron chi connectivity index (χ3n) is 2.28. The normalized spacial score (nSPS) is 12.4. The number of hydrogen-bond acceptors (Lipinski definition) is 3. The minimum atomic E-state index is -4.88. The van der Waals surface area contributed by atoms with Crippen LogP contribution in [-0.2, 0) is 10.0 Å². The van der Waals surface area contributed by atoms with Crippen LogP contribution in [0.15, 0.2) is 17.0 Å². The fourth-order valence-electron chi connectivity index (χ4n) is 1.51. The molecule has 0 saturated heterocycles. The number of alkyl halides is 2. The molecule has 0 radical (unpaired) electrons. The van der Waals surface area contributed by atoms with E-state index in [1.54, 1.807) is 0 Å². The number of hydrogen-bond donors (Lipinski definition) is 1. The highest BCUT2D eigenvalue weighted by Crippen LogP contribution is 2.24. The predicted molar refractivity (Wildman–Crippen MR) is 60.1 cm³/mol. The predicted octanol–water partition coefficient (Wildman–Crippen LogP) is 1.32. The number of nitrogens with two attached hydrogens (primary N) is 1. The molecule has 0 fully saturated rings. The molecule has 0 atom stereocenters. The van der Waals surface area contributed by atoms with Crippen molar-refractivity contribution < 1.29 is 30.4 Å². The number of sulfonamides is 1. The van der Waals surface area contributed by atoms with Gasteiger partial charge in [0.2, 0.25) is 10.0 Å². The zero-order valence-corrected chi connectivity index (χ0v) is 10.8. The maximum atomic E-state index is 13.4. The Morgan fingerprint density at radius 2 is 1.65 bits per heavy atom. The Bertz CT molecular complexity index is 556. The van der Waals surface area contributed by atoms with Crippen LogP contribution in [0.4, 0.5) is 22.0 Å². The molecule has 2 N–H and O–H groups in total. The SMILES string of the molecule is NCCN(CC(F)F)S(=O)(=O)c1c(F)cc(F)cc1F. The molecule has 0 spiro atoms. The maximum absolute atomic E-state index is 13.4. The number of halogens is 5. The van der Waals surface area contributed by atoms with E-state index in [1.807, 2.05) is 0 Å². The Labute approximate surface area is 112 Å². The van der Waals surface area contributed by atoms with Gasteiger partial charge in [-0.05, 0) is 0 Å². The second-order valence-corrected chi connectivity index (χ2v) is 5.62.